The first kappa shape index (κ1) is 20.7. The molecule has 0 atom stereocenters. The largest absolute Gasteiger partial charge is 0.332 e. The lowest BCUT2D eigenvalue weighted by Gasteiger charge is -2.17. The average Bonchev–Trinajstić information content (AvgIpc) is 3.39. The van der Waals surface area contributed by atoms with Crippen LogP contribution < -0.4 is 5.32 Å². The van der Waals surface area contributed by atoms with Crippen molar-refractivity contribution in [1.29, 1.82) is 0 Å². The maximum atomic E-state index is 13.1. The molecule has 31 heavy (non-hydrogen) atoms. The highest BCUT2D eigenvalue weighted by atomic mass is 32.1. The van der Waals surface area contributed by atoms with Gasteiger partial charge in [-0.05, 0) is 48.7 Å². The Balaban J connectivity index is 1.53. The lowest BCUT2D eigenvalue weighted by molar-refractivity contribution is -0.116. The zero-order valence-corrected chi connectivity index (χ0v) is 17.8. The minimum atomic E-state index is -0.387. The summed E-state index contributed by atoms with van der Waals surface area (Å²) in [6, 6.07) is 11.2. The van der Waals surface area contributed by atoms with Crippen molar-refractivity contribution in [2.24, 2.45) is 0 Å². The Bertz CT molecular complexity index is 1240. The van der Waals surface area contributed by atoms with Crippen LogP contribution in [0.15, 0.2) is 54.0 Å². The number of anilines is 1. The highest BCUT2D eigenvalue weighted by Crippen LogP contribution is 2.21. The standard InChI is InChI=1S/C22H20FN5O2S/c1-14-10-18(19-11-24-28(21(19)25-14)12-17-4-3-9-31-17)22(30)27(2)13-20(29)26-16-7-5-15(23)6-8-16/h3-11H,12-13H2,1-2H3,(H,26,29). The molecule has 158 valence electrons. The predicted octanol–water partition coefficient (Wildman–Crippen LogP) is 3.70. The Morgan fingerprint density at radius 2 is 2.00 bits per heavy atom. The summed E-state index contributed by atoms with van der Waals surface area (Å²) in [5.74, 6) is -1.07. The third kappa shape index (κ3) is 4.61. The van der Waals surface area contributed by atoms with Crippen LogP contribution in [0.1, 0.15) is 20.9 Å². The number of hydrogen-bond acceptors (Lipinski definition) is 5. The van der Waals surface area contributed by atoms with Gasteiger partial charge in [0.2, 0.25) is 5.91 Å². The fourth-order valence-corrected chi connectivity index (χ4v) is 3.93. The van der Waals surface area contributed by atoms with Crippen LogP contribution in [0.3, 0.4) is 0 Å². The third-order valence-corrected chi connectivity index (χ3v) is 5.57. The molecule has 2 amide bonds. The highest BCUT2D eigenvalue weighted by molar-refractivity contribution is 7.09. The molecule has 0 fully saturated rings. The monoisotopic (exact) mass is 437 g/mol. The maximum Gasteiger partial charge on any atom is 0.254 e. The number of amides is 2. The number of aromatic nitrogens is 3. The van der Waals surface area contributed by atoms with E-state index < -0.39 is 0 Å². The van der Waals surface area contributed by atoms with E-state index >= 15 is 0 Å². The number of nitrogens with zero attached hydrogens (tertiary/aromatic N) is 4. The molecule has 9 heteroatoms. The second kappa shape index (κ2) is 8.65. The van der Waals surface area contributed by atoms with Crippen molar-refractivity contribution < 1.29 is 14.0 Å². The number of carbonyl (C=O) groups excluding carboxylic acids is 2. The van der Waals surface area contributed by atoms with Crippen molar-refractivity contribution in [2.45, 2.75) is 13.5 Å². The smallest absolute Gasteiger partial charge is 0.254 e. The number of benzene rings is 1. The number of nitrogens with one attached hydrogen (secondary N) is 1. The molecule has 0 saturated carbocycles. The van der Waals surface area contributed by atoms with Crippen molar-refractivity contribution in [3.8, 4) is 0 Å². The first-order chi connectivity index (χ1) is 14.9. The summed E-state index contributed by atoms with van der Waals surface area (Å²) >= 11 is 1.63. The summed E-state index contributed by atoms with van der Waals surface area (Å²) in [5.41, 5.74) is 2.22. The van der Waals surface area contributed by atoms with E-state index in [0.29, 0.717) is 34.5 Å². The van der Waals surface area contributed by atoms with Crippen molar-refractivity contribution in [3.05, 3.63) is 76.0 Å². The Morgan fingerprint density at radius 1 is 1.23 bits per heavy atom. The van der Waals surface area contributed by atoms with Gasteiger partial charge in [0.25, 0.3) is 5.91 Å². The molecular formula is C22H20FN5O2S. The van der Waals surface area contributed by atoms with Crippen LogP contribution in [0.4, 0.5) is 10.1 Å². The number of rotatable bonds is 6. The van der Waals surface area contributed by atoms with Gasteiger partial charge in [-0.2, -0.15) is 5.10 Å². The molecule has 0 bridgehead atoms. The summed E-state index contributed by atoms with van der Waals surface area (Å²) in [4.78, 5) is 32.5. The zero-order chi connectivity index (χ0) is 22.0. The number of halogens is 1. The second-order valence-electron chi connectivity index (χ2n) is 7.15. The molecule has 1 N–H and O–H groups in total. The molecule has 0 saturated heterocycles. The van der Waals surface area contributed by atoms with Crippen LogP contribution in [-0.2, 0) is 11.3 Å². The SMILES string of the molecule is Cc1cc(C(=O)N(C)CC(=O)Nc2ccc(F)cc2)c2cnn(Cc3cccs3)c2n1. The normalized spacial score (nSPS) is 10.9. The van der Waals surface area contributed by atoms with Crippen LogP contribution in [0.5, 0.6) is 0 Å². The summed E-state index contributed by atoms with van der Waals surface area (Å²) in [5, 5.41) is 9.71. The van der Waals surface area contributed by atoms with E-state index in [1.54, 1.807) is 35.3 Å². The van der Waals surface area contributed by atoms with Crippen molar-refractivity contribution in [2.75, 3.05) is 18.9 Å². The summed E-state index contributed by atoms with van der Waals surface area (Å²) < 4.78 is 14.8. The Morgan fingerprint density at radius 3 is 2.71 bits per heavy atom. The number of aryl methyl sites for hydroxylation is 1. The van der Waals surface area contributed by atoms with E-state index in [2.05, 4.69) is 15.4 Å². The molecule has 4 aromatic rings. The molecule has 0 radical (unpaired) electrons. The highest BCUT2D eigenvalue weighted by Gasteiger charge is 2.20. The molecule has 0 unspecified atom stereocenters. The Labute approximate surface area is 182 Å². The van der Waals surface area contributed by atoms with E-state index in [-0.39, 0.29) is 24.2 Å². The van der Waals surface area contributed by atoms with Crippen LogP contribution in [0, 0.1) is 12.7 Å². The zero-order valence-electron chi connectivity index (χ0n) is 17.0. The molecule has 0 aliphatic heterocycles. The van der Waals surface area contributed by atoms with E-state index in [4.69, 9.17) is 0 Å². The van der Waals surface area contributed by atoms with Gasteiger partial charge in [-0.1, -0.05) is 6.07 Å². The average molecular weight is 438 g/mol. The van der Waals surface area contributed by atoms with Gasteiger partial charge in [0.1, 0.15) is 5.82 Å². The number of carbonyl (C=O) groups is 2. The molecule has 1 aromatic carbocycles. The minimum absolute atomic E-state index is 0.150. The molecule has 7 nitrogen and oxygen atoms in total. The van der Waals surface area contributed by atoms with E-state index in [9.17, 15) is 14.0 Å². The first-order valence-corrected chi connectivity index (χ1v) is 10.4. The van der Waals surface area contributed by atoms with Crippen LogP contribution in [-0.4, -0.2) is 45.1 Å². The molecule has 3 heterocycles. The van der Waals surface area contributed by atoms with Crippen molar-refractivity contribution in [3.63, 3.8) is 0 Å². The lowest BCUT2D eigenvalue weighted by atomic mass is 10.1. The quantitative estimate of drug-likeness (QED) is 0.499. The van der Waals surface area contributed by atoms with Crippen LogP contribution >= 0.6 is 11.3 Å². The summed E-state index contributed by atoms with van der Waals surface area (Å²) in [6.45, 7) is 2.24. The second-order valence-corrected chi connectivity index (χ2v) is 8.18. The van der Waals surface area contributed by atoms with Gasteiger partial charge in [-0.15, -0.1) is 11.3 Å². The fraction of sp³-hybridized carbons (Fsp3) is 0.182. The van der Waals surface area contributed by atoms with Gasteiger partial charge < -0.3 is 10.2 Å². The summed E-state index contributed by atoms with van der Waals surface area (Å²) in [6.07, 6.45) is 1.63. The number of thiophene rings is 1. The Kier molecular flexibility index (Phi) is 5.77. The third-order valence-electron chi connectivity index (χ3n) is 4.71. The lowest BCUT2D eigenvalue weighted by Crippen LogP contribution is -2.35. The predicted molar refractivity (Wildman–Crippen MR) is 118 cm³/mol. The van der Waals surface area contributed by atoms with E-state index in [1.165, 1.54) is 29.2 Å². The molecule has 4 rings (SSSR count). The molecular weight excluding hydrogens is 417 g/mol. The number of fused-ring (bicyclic) bond motifs is 1. The number of likely N-dealkylation sites (N-methyl/N-ethyl adjacent to an activating group) is 1. The van der Waals surface area contributed by atoms with Gasteiger partial charge in [0.05, 0.1) is 30.2 Å². The van der Waals surface area contributed by atoms with Gasteiger partial charge in [0.15, 0.2) is 5.65 Å². The Hall–Kier alpha value is -3.59. The van der Waals surface area contributed by atoms with Gasteiger partial charge in [0, 0.05) is 23.3 Å². The minimum Gasteiger partial charge on any atom is -0.332 e. The summed E-state index contributed by atoms with van der Waals surface area (Å²) in [7, 11) is 1.56. The van der Waals surface area contributed by atoms with Crippen molar-refractivity contribution >= 4 is 39.9 Å². The topological polar surface area (TPSA) is 80.1 Å². The first-order valence-electron chi connectivity index (χ1n) is 9.57. The van der Waals surface area contributed by atoms with E-state index in [1.807, 2.05) is 24.4 Å². The van der Waals surface area contributed by atoms with Gasteiger partial charge >= 0.3 is 0 Å². The molecule has 0 spiro atoms. The maximum absolute atomic E-state index is 13.1. The van der Waals surface area contributed by atoms with Crippen LogP contribution in [0.2, 0.25) is 0 Å². The van der Waals surface area contributed by atoms with Gasteiger partial charge in [-0.3, -0.25) is 9.59 Å². The van der Waals surface area contributed by atoms with E-state index in [0.717, 1.165) is 4.88 Å². The van der Waals surface area contributed by atoms with Gasteiger partial charge in [-0.25, -0.2) is 14.1 Å². The van der Waals surface area contributed by atoms with Crippen molar-refractivity contribution in [1.82, 2.24) is 19.7 Å². The number of hydrogen-bond donors (Lipinski definition) is 1. The van der Waals surface area contributed by atoms with Crippen LogP contribution in [0.25, 0.3) is 11.0 Å². The molecule has 0 aliphatic rings. The molecule has 3 aromatic heterocycles. The fourth-order valence-electron chi connectivity index (χ4n) is 3.24. The molecule has 0 aliphatic carbocycles. The number of pyridine rings is 1.